The Labute approximate surface area is 91.4 Å². The molecule has 0 heterocycles. The van der Waals surface area contributed by atoms with Crippen molar-refractivity contribution in [2.75, 3.05) is 13.7 Å². The van der Waals surface area contributed by atoms with E-state index in [1.54, 1.807) is 7.11 Å². The van der Waals surface area contributed by atoms with E-state index in [1.165, 1.54) is 24.0 Å². The molecular weight excluding hydrogens is 186 g/mol. The van der Waals surface area contributed by atoms with Crippen LogP contribution in [-0.2, 0) is 10.3 Å². The molecule has 1 aliphatic rings. The lowest BCUT2D eigenvalue weighted by molar-refractivity contribution is 0.0100. The first-order valence-corrected chi connectivity index (χ1v) is 5.55. The molecule has 2 heteroatoms. The van der Waals surface area contributed by atoms with Gasteiger partial charge < -0.3 is 10.5 Å². The maximum absolute atomic E-state index is 5.77. The van der Waals surface area contributed by atoms with Gasteiger partial charge in [0.05, 0.1) is 0 Å². The van der Waals surface area contributed by atoms with Gasteiger partial charge in [0.25, 0.3) is 0 Å². The van der Waals surface area contributed by atoms with Gasteiger partial charge in [0.15, 0.2) is 0 Å². The minimum Gasteiger partial charge on any atom is -0.372 e. The molecule has 1 atom stereocenters. The highest BCUT2D eigenvalue weighted by Gasteiger charge is 2.28. The van der Waals surface area contributed by atoms with Gasteiger partial charge in [-0.3, -0.25) is 0 Å². The van der Waals surface area contributed by atoms with Crippen molar-refractivity contribution in [3.8, 4) is 0 Å². The van der Waals surface area contributed by atoms with Crippen LogP contribution >= 0.6 is 0 Å². The van der Waals surface area contributed by atoms with Gasteiger partial charge in [0.2, 0.25) is 0 Å². The molecule has 0 amide bonds. The Bertz CT molecular complexity index is 340. The molecule has 1 fully saturated rings. The van der Waals surface area contributed by atoms with E-state index in [1.807, 2.05) is 6.92 Å². The summed E-state index contributed by atoms with van der Waals surface area (Å²) < 4.78 is 5.50. The maximum atomic E-state index is 5.77. The monoisotopic (exact) mass is 205 g/mol. The quantitative estimate of drug-likeness (QED) is 0.819. The van der Waals surface area contributed by atoms with Gasteiger partial charge in [-0.15, -0.1) is 0 Å². The van der Waals surface area contributed by atoms with Gasteiger partial charge in [0, 0.05) is 13.7 Å². The Balaban J connectivity index is 2.30. The van der Waals surface area contributed by atoms with Crippen LogP contribution in [0.1, 0.15) is 36.8 Å². The molecule has 2 rings (SSSR count). The molecule has 1 aliphatic carbocycles. The second kappa shape index (κ2) is 3.95. The lowest BCUT2D eigenvalue weighted by Gasteiger charge is -2.27. The van der Waals surface area contributed by atoms with Gasteiger partial charge in [-0.2, -0.15) is 0 Å². The summed E-state index contributed by atoms with van der Waals surface area (Å²) in [5.74, 6) is 0.781. The fourth-order valence-electron chi connectivity index (χ4n) is 1.86. The average Bonchev–Trinajstić information content (AvgIpc) is 3.12. The van der Waals surface area contributed by atoms with E-state index in [-0.39, 0.29) is 5.60 Å². The van der Waals surface area contributed by atoms with Crippen molar-refractivity contribution in [2.24, 2.45) is 5.73 Å². The number of hydrogen-bond acceptors (Lipinski definition) is 2. The Kier molecular flexibility index (Phi) is 2.81. The van der Waals surface area contributed by atoms with Crippen LogP contribution < -0.4 is 5.73 Å². The minimum atomic E-state index is -0.342. The van der Waals surface area contributed by atoms with Crippen molar-refractivity contribution < 1.29 is 4.74 Å². The summed E-state index contributed by atoms with van der Waals surface area (Å²) in [7, 11) is 1.72. The molecule has 0 aliphatic heterocycles. The summed E-state index contributed by atoms with van der Waals surface area (Å²) in [6.07, 6.45) is 2.66. The Morgan fingerprint density at radius 2 is 2.20 bits per heavy atom. The number of hydrogen-bond donors (Lipinski definition) is 1. The van der Waals surface area contributed by atoms with E-state index in [4.69, 9.17) is 10.5 Å². The number of benzene rings is 1. The number of nitrogens with two attached hydrogens (primary N) is 1. The predicted molar refractivity (Wildman–Crippen MR) is 61.8 cm³/mol. The van der Waals surface area contributed by atoms with Crippen LogP contribution in [0.4, 0.5) is 0 Å². The van der Waals surface area contributed by atoms with E-state index in [0.29, 0.717) is 6.54 Å². The number of methoxy groups -OCH3 is 1. The Morgan fingerprint density at radius 3 is 2.73 bits per heavy atom. The molecule has 1 aromatic carbocycles. The highest BCUT2D eigenvalue weighted by Crippen LogP contribution is 2.41. The topological polar surface area (TPSA) is 35.2 Å². The van der Waals surface area contributed by atoms with E-state index in [0.717, 1.165) is 5.92 Å². The molecule has 82 valence electrons. The molecule has 1 aromatic rings. The summed E-state index contributed by atoms with van der Waals surface area (Å²) in [4.78, 5) is 0. The zero-order valence-corrected chi connectivity index (χ0v) is 9.49. The lowest BCUT2D eigenvalue weighted by Crippen LogP contribution is -2.33. The minimum absolute atomic E-state index is 0.342. The largest absolute Gasteiger partial charge is 0.372 e. The van der Waals surface area contributed by atoms with Crippen molar-refractivity contribution >= 4 is 0 Å². The molecular formula is C13H19NO. The fourth-order valence-corrected chi connectivity index (χ4v) is 1.86. The number of ether oxygens (including phenoxy) is 1. The van der Waals surface area contributed by atoms with Crippen LogP contribution in [-0.4, -0.2) is 13.7 Å². The predicted octanol–water partition coefficient (Wildman–Crippen LogP) is 2.38. The van der Waals surface area contributed by atoms with Crippen LogP contribution in [0, 0.1) is 0 Å². The third-order valence-corrected chi connectivity index (χ3v) is 3.39. The van der Waals surface area contributed by atoms with E-state index < -0.39 is 0 Å². The van der Waals surface area contributed by atoms with Crippen LogP contribution in [0.15, 0.2) is 24.3 Å². The highest BCUT2D eigenvalue weighted by molar-refractivity contribution is 5.32. The highest BCUT2D eigenvalue weighted by atomic mass is 16.5. The summed E-state index contributed by atoms with van der Waals surface area (Å²) in [5.41, 5.74) is 8.05. The van der Waals surface area contributed by atoms with Crippen molar-refractivity contribution in [1.82, 2.24) is 0 Å². The molecule has 1 saturated carbocycles. The van der Waals surface area contributed by atoms with Crippen LogP contribution in [0.25, 0.3) is 0 Å². The van der Waals surface area contributed by atoms with Crippen LogP contribution in [0.3, 0.4) is 0 Å². The van der Waals surface area contributed by atoms with Gasteiger partial charge in [-0.05, 0) is 36.8 Å². The summed E-state index contributed by atoms with van der Waals surface area (Å²) in [6.45, 7) is 2.55. The van der Waals surface area contributed by atoms with Crippen molar-refractivity contribution in [1.29, 1.82) is 0 Å². The van der Waals surface area contributed by atoms with Crippen molar-refractivity contribution in [2.45, 2.75) is 31.3 Å². The maximum Gasteiger partial charge on any atom is 0.102 e. The summed E-state index contributed by atoms with van der Waals surface area (Å²) in [5, 5.41) is 0. The standard InChI is InChI=1S/C13H19NO/c1-13(9-14,15-2)12-5-3-4-11(8-12)10-6-7-10/h3-5,8,10H,6-7,9,14H2,1-2H3. The summed E-state index contributed by atoms with van der Waals surface area (Å²) >= 11 is 0. The molecule has 0 bridgehead atoms. The normalized spacial score (nSPS) is 19.9. The van der Waals surface area contributed by atoms with E-state index in [2.05, 4.69) is 24.3 Å². The smallest absolute Gasteiger partial charge is 0.102 e. The average molecular weight is 205 g/mol. The molecule has 2 nitrogen and oxygen atoms in total. The van der Waals surface area contributed by atoms with Crippen LogP contribution in [0.2, 0.25) is 0 Å². The number of rotatable bonds is 4. The molecule has 1 unspecified atom stereocenters. The first-order valence-electron chi connectivity index (χ1n) is 5.55. The van der Waals surface area contributed by atoms with Gasteiger partial charge in [-0.1, -0.05) is 24.3 Å². The zero-order chi connectivity index (χ0) is 10.9. The van der Waals surface area contributed by atoms with Gasteiger partial charge >= 0.3 is 0 Å². The zero-order valence-electron chi connectivity index (χ0n) is 9.49. The molecule has 0 radical (unpaired) electrons. The third-order valence-electron chi connectivity index (χ3n) is 3.39. The Hall–Kier alpha value is -0.860. The van der Waals surface area contributed by atoms with E-state index in [9.17, 15) is 0 Å². The second-order valence-corrected chi connectivity index (χ2v) is 4.54. The molecule has 0 spiro atoms. The molecule has 15 heavy (non-hydrogen) atoms. The lowest BCUT2D eigenvalue weighted by atomic mass is 9.93. The second-order valence-electron chi connectivity index (χ2n) is 4.54. The van der Waals surface area contributed by atoms with E-state index >= 15 is 0 Å². The van der Waals surface area contributed by atoms with Crippen molar-refractivity contribution in [3.63, 3.8) is 0 Å². The summed E-state index contributed by atoms with van der Waals surface area (Å²) in [6, 6.07) is 8.65. The fraction of sp³-hybridized carbons (Fsp3) is 0.538. The SMILES string of the molecule is COC(C)(CN)c1cccc(C2CC2)c1. The molecule has 0 saturated heterocycles. The first kappa shape index (κ1) is 10.7. The van der Waals surface area contributed by atoms with Gasteiger partial charge in [0.1, 0.15) is 5.60 Å². The Morgan fingerprint density at radius 1 is 1.47 bits per heavy atom. The first-order chi connectivity index (χ1) is 7.19. The molecule has 0 aromatic heterocycles. The van der Waals surface area contributed by atoms with Gasteiger partial charge in [-0.25, -0.2) is 0 Å². The third kappa shape index (κ3) is 2.06. The van der Waals surface area contributed by atoms with Crippen molar-refractivity contribution in [3.05, 3.63) is 35.4 Å². The van der Waals surface area contributed by atoms with Crippen LogP contribution in [0.5, 0.6) is 0 Å². The molecule has 2 N–H and O–H groups in total.